The van der Waals surface area contributed by atoms with Crippen LogP contribution < -0.4 is 5.32 Å². The van der Waals surface area contributed by atoms with Gasteiger partial charge < -0.3 is 15.3 Å². The molecule has 0 aromatic heterocycles. The van der Waals surface area contributed by atoms with Crippen LogP contribution in [0.5, 0.6) is 0 Å². The van der Waals surface area contributed by atoms with Crippen molar-refractivity contribution in [2.45, 2.75) is 26.2 Å². The average Bonchev–Trinajstić information content (AvgIpc) is 2.65. The van der Waals surface area contributed by atoms with Gasteiger partial charge in [-0.2, -0.15) is 0 Å². The van der Waals surface area contributed by atoms with Gasteiger partial charge in [-0.05, 0) is 59.3 Å². The maximum Gasteiger partial charge on any atom is 0.335 e. The largest absolute Gasteiger partial charge is 0.478 e. The first-order chi connectivity index (χ1) is 9.97. The van der Waals surface area contributed by atoms with Crippen molar-refractivity contribution >= 4 is 33.6 Å². The normalized spacial score (nSPS) is 19.0. The summed E-state index contributed by atoms with van der Waals surface area (Å²) in [7, 11) is 0. The Morgan fingerprint density at radius 3 is 2.76 bits per heavy atom. The molecule has 1 aliphatic rings. The Labute approximate surface area is 132 Å². The summed E-state index contributed by atoms with van der Waals surface area (Å²) in [5.41, 5.74) is 0.769. The zero-order valence-corrected chi connectivity index (χ0v) is 13.5. The first-order valence-corrected chi connectivity index (χ1v) is 7.85. The molecule has 2 rings (SSSR count). The number of urea groups is 1. The van der Waals surface area contributed by atoms with Gasteiger partial charge in [0.2, 0.25) is 0 Å². The first kappa shape index (κ1) is 15.8. The molecule has 6 heteroatoms. The van der Waals surface area contributed by atoms with Crippen molar-refractivity contribution in [2.24, 2.45) is 5.92 Å². The molecule has 0 saturated carbocycles. The fourth-order valence-electron chi connectivity index (χ4n) is 2.41. The number of amides is 2. The Kier molecular flexibility index (Phi) is 5.22. The molecule has 5 nitrogen and oxygen atoms in total. The van der Waals surface area contributed by atoms with Gasteiger partial charge in [0.1, 0.15) is 0 Å². The van der Waals surface area contributed by atoms with Crippen molar-refractivity contribution in [1.82, 2.24) is 4.90 Å². The van der Waals surface area contributed by atoms with Gasteiger partial charge in [-0.1, -0.05) is 6.92 Å². The van der Waals surface area contributed by atoms with E-state index in [4.69, 9.17) is 5.11 Å². The molecule has 2 N–H and O–H groups in total. The summed E-state index contributed by atoms with van der Waals surface area (Å²) in [4.78, 5) is 25.0. The summed E-state index contributed by atoms with van der Waals surface area (Å²) >= 11 is 3.30. The summed E-state index contributed by atoms with van der Waals surface area (Å²) in [6.07, 6.45) is 3.20. The predicted octanol–water partition coefficient (Wildman–Crippen LogP) is 3.80. The Morgan fingerprint density at radius 1 is 1.33 bits per heavy atom. The lowest BCUT2D eigenvalue weighted by molar-refractivity contribution is 0.0697. The Morgan fingerprint density at radius 2 is 2.10 bits per heavy atom. The molecule has 1 atom stereocenters. The van der Waals surface area contributed by atoms with Crippen molar-refractivity contribution < 1.29 is 14.7 Å². The number of carboxylic acid groups (broad SMARTS) is 1. The lowest BCUT2D eigenvalue weighted by atomic mass is 10.0. The van der Waals surface area contributed by atoms with Gasteiger partial charge in [0.25, 0.3) is 0 Å². The molecule has 1 aliphatic heterocycles. The highest BCUT2D eigenvalue weighted by Crippen LogP contribution is 2.25. The van der Waals surface area contributed by atoms with Crippen LogP contribution in [0, 0.1) is 5.92 Å². The quantitative estimate of drug-likeness (QED) is 0.848. The van der Waals surface area contributed by atoms with E-state index in [9.17, 15) is 9.59 Å². The molecule has 0 aliphatic carbocycles. The predicted molar refractivity (Wildman–Crippen MR) is 84.7 cm³/mol. The third-order valence-corrected chi connectivity index (χ3v) is 4.42. The maximum absolute atomic E-state index is 12.3. The van der Waals surface area contributed by atoms with Crippen LogP contribution in [-0.4, -0.2) is 35.1 Å². The molecule has 0 bridgehead atoms. The molecular formula is C15H19BrN2O3. The second-order valence-corrected chi connectivity index (χ2v) is 6.31. The molecule has 21 heavy (non-hydrogen) atoms. The second kappa shape index (κ2) is 6.93. The summed E-state index contributed by atoms with van der Waals surface area (Å²) in [6.45, 7) is 3.74. The fraction of sp³-hybridized carbons (Fsp3) is 0.467. The summed E-state index contributed by atoms with van der Waals surface area (Å²) < 4.78 is 0.568. The van der Waals surface area contributed by atoms with Gasteiger partial charge in [-0.15, -0.1) is 0 Å². The van der Waals surface area contributed by atoms with Gasteiger partial charge in [-0.25, -0.2) is 9.59 Å². The summed E-state index contributed by atoms with van der Waals surface area (Å²) in [5.74, 6) is -0.334. The van der Waals surface area contributed by atoms with E-state index in [1.807, 2.05) is 4.90 Å². The number of halogens is 1. The number of rotatable bonds is 2. The van der Waals surface area contributed by atoms with E-state index in [1.54, 1.807) is 6.07 Å². The van der Waals surface area contributed by atoms with E-state index in [2.05, 4.69) is 28.2 Å². The van der Waals surface area contributed by atoms with Crippen LogP contribution in [0.4, 0.5) is 10.5 Å². The number of anilines is 1. The number of aromatic carboxylic acids is 1. The van der Waals surface area contributed by atoms with E-state index >= 15 is 0 Å². The molecule has 1 aromatic carbocycles. The highest BCUT2D eigenvalue weighted by Gasteiger charge is 2.19. The van der Waals surface area contributed by atoms with Crippen LogP contribution in [0.2, 0.25) is 0 Å². The van der Waals surface area contributed by atoms with E-state index in [0.717, 1.165) is 32.4 Å². The molecule has 1 aromatic rings. The van der Waals surface area contributed by atoms with E-state index in [0.29, 0.717) is 16.1 Å². The topological polar surface area (TPSA) is 69.6 Å². The highest BCUT2D eigenvalue weighted by molar-refractivity contribution is 9.10. The van der Waals surface area contributed by atoms with Crippen LogP contribution in [0.15, 0.2) is 22.7 Å². The van der Waals surface area contributed by atoms with Crippen molar-refractivity contribution in [3.8, 4) is 0 Å². The smallest absolute Gasteiger partial charge is 0.335 e. The van der Waals surface area contributed by atoms with Crippen molar-refractivity contribution in [2.75, 3.05) is 18.4 Å². The molecular weight excluding hydrogens is 336 g/mol. The standard InChI is InChI=1S/C15H19BrN2O3/c1-10-3-2-7-18(8-6-10)15(21)17-13-5-4-11(14(19)20)9-12(13)16/h4-5,9-10H,2-3,6-8H2,1H3,(H,17,21)(H,19,20). The third kappa shape index (κ3) is 4.20. The monoisotopic (exact) mass is 354 g/mol. The Balaban J connectivity index is 2.03. The molecule has 0 radical (unpaired) electrons. The molecule has 1 unspecified atom stereocenters. The van der Waals surface area contributed by atoms with Crippen LogP contribution in [0.3, 0.4) is 0 Å². The third-order valence-electron chi connectivity index (χ3n) is 3.76. The van der Waals surface area contributed by atoms with Gasteiger partial charge in [0.15, 0.2) is 0 Å². The number of nitrogens with zero attached hydrogens (tertiary/aromatic N) is 1. The summed E-state index contributed by atoms with van der Waals surface area (Å²) in [5, 5.41) is 11.8. The lowest BCUT2D eigenvalue weighted by Crippen LogP contribution is -2.35. The number of hydrogen-bond acceptors (Lipinski definition) is 2. The molecule has 114 valence electrons. The van der Waals surface area contributed by atoms with Crippen LogP contribution in [-0.2, 0) is 0 Å². The van der Waals surface area contributed by atoms with Gasteiger partial charge in [0.05, 0.1) is 11.3 Å². The number of likely N-dealkylation sites (tertiary alicyclic amines) is 1. The minimum absolute atomic E-state index is 0.132. The van der Waals surface area contributed by atoms with Gasteiger partial charge in [0, 0.05) is 17.6 Å². The summed E-state index contributed by atoms with van der Waals surface area (Å²) in [6, 6.07) is 4.44. The fourth-order valence-corrected chi connectivity index (χ4v) is 2.89. The number of hydrogen-bond donors (Lipinski definition) is 2. The Bertz CT molecular complexity index is 548. The zero-order chi connectivity index (χ0) is 15.4. The van der Waals surface area contributed by atoms with E-state index in [1.165, 1.54) is 12.1 Å². The van der Waals surface area contributed by atoms with E-state index < -0.39 is 5.97 Å². The van der Waals surface area contributed by atoms with E-state index in [-0.39, 0.29) is 11.6 Å². The number of carbonyl (C=O) groups is 2. The SMILES string of the molecule is CC1CCCN(C(=O)Nc2ccc(C(=O)O)cc2Br)CC1. The first-order valence-electron chi connectivity index (χ1n) is 7.06. The molecule has 1 saturated heterocycles. The zero-order valence-electron chi connectivity index (χ0n) is 11.9. The van der Waals surface area contributed by atoms with Crippen molar-refractivity contribution in [3.05, 3.63) is 28.2 Å². The maximum atomic E-state index is 12.3. The number of carboxylic acids is 1. The minimum Gasteiger partial charge on any atom is -0.478 e. The molecule has 0 spiro atoms. The lowest BCUT2D eigenvalue weighted by Gasteiger charge is -2.21. The number of carbonyl (C=O) groups excluding carboxylic acids is 1. The number of benzene rings is 1. The van der Waals surface area contributed by atoms with Crippen molar-refractivity contribution in [3.63, 3.8) is 0 Å². The Hall–Kier alpha value is -1.56. The second-order valence-electron chi connectivity index (χ2n) is 5.45. The molecule has 1 fully saturated rings. The van der Waals surface area contributed by atoms with Crippen LogP contribution in [0.25, 0.3) is 0 Å². The van der Waals surface area contributed by atoms with Gasteiger partial charge in [-0.3, -0.25) is 0 Å². The molecule has 2 amide bonds. The highest BCUT2D eigenvalue weighted by atomic mass is 79.9. The van der Waals surface area contributed by atoms with Crippen LogP contribution >= 0.6 is 15.9 Å². The van der Waals surface area contributed by atoms with Crippen molar-refractivity contribution in [1.29, 1.82) is 0 Å². The van der Waals surface area contributed by atoms with Gasteiger partial charge >= 0.3 is 12.0 Å². The average molecular weight is 355 g/mol. The molecule has 1 heterocycles. The minimum atomic E-state index is -0.991. The van der Waals surface area contributed by atoms with Crippen LogP contribution in [0.1, 0.15) is 36.5 Å². The number of nitrogens with one attached hydrogen (secondary N) is 1.